The van der Waals surface area contributed by atoms with Crippen LogP contribution >= 0.6 is 34.8 Å². The van der Waals surface area contributed by atoms with Crippen LogP contribution in [0.15, 0.2) is 0 Å². The molecule has 1 atom stereocenters. The van der Waals surface area contributed by atoms with E-state index in [1.807, 2.05) is 0 Å². The molecule has 2 rings (SSSR count). The summed E-state index contributed by atoms with van der Waals surface area (Å²) in [4.78, 5) is 28.4. The number of nitrogens with one attached hydrogen (secondary N) is 1. The summed E-state index contributed by atoms with van der Waals surface area (Å²) >= 11 is 17.6. The highest BCUT2D eigenvalue weighted by molar-refractivity contribution is 6.45. The fourth-order valence-corrected chi connectivity index (χ4v) is 3.02. The number of hydrogen-bond acceptors (Lipinski definition) is 4. The van der Waals surface area contributed by atoms with Gasteiger partial charge in [0.25, 0.3) is 11.1 Å². The third-order valence-electron chi connectivity index (χ3n) is 3.66. The van der Waals surface area contributed by atoms with Gasteiger partial charge in [-0.2, -0.15) is 4.98 Å². The lowest BCUT2D eigenvalue weighted by Crippen LogP contribution is -2.41. The molecule has 2 heterocycles. The summed E-state index contributed by atoms with van der Waals surface area (Å²) in [5, 5.41) is -0.105. The van der Waals surface area contributed by atoms with E-state index in [1.54, 1.807) is 4.90 Å². The van der Waals surface area contributed by atoms with Gasteiger partial charge >= 0.3 is 11.7 Å². The lowest BCUT2D eigenvalue weighted by Gasteiger charge is -2.30. The number of H-pyrrole nitrogens is 1. The molecular weight excluding hydrogens is 365 g/mol. The highest BCUT2D eigenvalue weighted by Gasteiger charge is 2.29. The molecule has 1 saturated heterocycles. The first kappa shape index (κ1) is 18.1. The Kier molecular flexibility index (Phi) is 5.95. The third-order valence-corrected chi connectivity index (χ3v) is 4.83. The van der Waals surface area contributed by atoms with Gasteiger partial charge in [-0.25, -0.2) is 4.79 Å². The fraction of sp³-hybridized carbons (Fsp3) is 0.500. The molecule has 0 bridgehead atoms. The Morgan fingerprint density at radius 3 is 2.70 bits per heavy atom. The van der Waals surface area contributed by atoms with Crippen molar-refractivity contribution in [3.8, 4) is 0 Å². The number of nitrogens with two attached hydrogens (primary N) is 1. The number of pyridine rings is 1. The van der Waals surface area contributed by atoms with Crippen LogP contribution in [-0.4, -0.2) is 36.5 Å². The molecular formula is C14H17Cl3N3O3+. The average Bonchev–Trinajstić information content (AvgIpc) is 2.53. The molecule has 1 aromatic rings. The first-order valence-electron chi connectivity index (χ1n) is 7.11. The zero-order valence-corrected chi connectivity index (χ0v) is 14.8. The van der Waals surface area contributed by atoms with Gasteiger partial charge in [-0.3, -0.25) is 4.79 Å². The number of aromatic amines is 1. The topological polar surface area (TPSA) is 86.8 Å². The molecule has 0 aliphatic carbocycles. The molecule has 3 N–H and O–H groups in total. The Balaban J connectivity index is 2.01. The second-order valence-electron chi connectivity index (χ2n) is 5.52. The molecule has 1 aliphatic rings. The lowest BCUT2D eigenvalue weighted by molar-refractivity contribution is -0.380. The predicted octanol–water partition coefficient (Wildman–Crippen LogP) is 2.46. The van der Waals surface area contributed by atoms with Crippen LogP contribution in [-0.2, 0) is 9.53 Å². The first-order valence-corrected chi connectivity index (χ1v) is 8.24. The number of nitrogens with zero attached hydrogens (tertiary/aromatic N) is 1. The Labute approximate surface area is 148 Å². The fourth-order valence-electron chi connectivity index (χ4n) is 2.42. The Morgan fingerprint density at radius 1 is 1.35 bits per heavy atom. The van der Waals surface area contributed by atoms with Crippen LogP contribution < -0.4 is 10.7 Å². The van der Waals surface area contributed by atoms with Crippen molar-refractivity contribution >= 4 is 52.4 Å². The molecule has 1 aliphatic heterocycles. The van der Waals surface area contributed by atoms with E-state index in [-0.39, 0.29) is 39.1 Å². The van der Waals surface area contributed by atoms with Crippen molar-refractivity contribution in [2.75, 3.05) is 25.4 Å². The van der Waals surface area contributed by atoms with Crippen molar-refractivity contribution in [1.82, 2.24) is 4.90 Å². The van der Waals surface area contributed by atoms with Gasteiger partial charge in [-0.15, -0.1) is 0 Å². The maximum absolute atomic E-state index is 12.1. The van der Waals surface area contributed by atoms with Crippen molar-refractivity contribution in [3.63, 3.8) is 0 Å². The predicted molar refractivity (Wildman–Crippen MR) is 87.7 cm³/mol. The van der Waals surface area contributed by atoms with Gasteiger partial charge in [-0.05, 0) is 30.4 Å². The highest BCUT2D eigenvalue weighted by atomic mass is 35.5. The molecule has 0 aromatic carbocycles. The van der Waals surface area contributed by atoms with E-state index in [2.05, 4.69) is 11.9 Å². The van der Waals surface area contributed by atoms with Gasteiger partial charge in [0, 0.05) is 13.1 Å². The minimum atomic E-state index is -0.821. The van der Waals surface area contributed by atoms with Crippen molar-refractivity contribution in [2.24, 2.45) is 5.92 Å². The molecule has 0 unspecified atom stereocenters. The van der Waals surface area contributed by atoms with Crippen LogP contribution in [0.3, 0.4) is 0 Å². The monoisotopic (exact) mass is 380 g/mol. The zero-order chi connectivity index (χ0) is 17.1. The molecule has 1 amide bonds. The van der Waals surface area contributed by atoms with Crippen LogP contribution in [0.1, 0.15) is 30.3 Å². The number of carbonyl (C=O) groups is 2. The number of amides is 1. The van der Waals surface area contributed by atoms with Crippen LogP contribution in [0.5, 0.6) is 0 Å². The zero-order valence-electron chi connectivity index (χ0n) is 12.5. The van der Waals surface area contributed by atoms with E-state index in [0.29, 0.717) is 19.0 Å². The van der Waals surface area contributed by atoms with E-state index < -0.39 is 5.97 Å². The number of anilines is 1. The highest BCUT2D eigenvalue weighted by Crippen LogP contribution is 2.32. The number of esters is 1. The largest absolute Gasteiger partial charge is 0.448 e. The number of aromatic nitrogens is 1. The second kappa shape index (κ2) is 7.55. The summed E-state index contributed by atoms with van der Waals surface area (Å²) in [5.41, 5.74) is 5.49. The van der Waals surface area contributed by atoms with Crippen molar-refractivity contribution in [1.29, 1.82) is 0 Å². The molecule has 9 heteroatoms. The van der Waals surface area contributed by atoms with Gasteiger partial charge in [0.05, 0.1) is 5.69 Å². The second-order valence-corrected chi connectivity index (χ2v) is 6.65. The van der Waals surface area contributed by atoms with E-state index in [4.69, 9.17) is 45.3 Å². The SMILES string of the molecule is C[C@H]1CCCN(C(=O)COC(=O)c2[nH+]c(Cl)c(Cl)c(N)c2Cl)C1. The maximum Gasteiger partial charge on any atom is 0.405 e. The number of rotatable bonds is 3. The quantitative estimate of drug-likeness (QED) is 0.643. The summed E-state index contributed by atoms with van der Waals surface area (Å²) in [6.07, 6.45) is 2.04. The van der Waals surface area contributed by atoms with Crippen molar-refractivity contribution in [2.45, 2.75) is 19.8 Å². The number of nitrogen functional groups attached to an aromatic ring is 1. The molecule has 23 heavy (non-hydrogen) atoms. The number of piperidine rings is 1. The number of likely N-dealkylation sites (tertiary alicyclic amines) is 1. The van der Waals surface area contributed by atoms with Gasteiger partial charge in [0.15, 0.2) is 6.61 Å². The number of carbonyl (C=O) groups excluding carboxylic acids is 2. The Morgan fingerprint density at radius 2 is 2.04 bits per heavy atom. The van der Waals surface area contributed by atoms with Gasteiger partial charge < -0.3 is 15.4 Å². The van der Waals surface area contributed by atoms with Crippen LogP contribution in [0.2, 0.25) is 15.2 Å². The Hall–Kier alpha value is -1.24. The minimum Gasteiger partial charge on any atom is -0.448 e. The molecule has 1 fully saturated rings. The number of hydrogen-bond donors (Lipinski definition) is 1. The van der Waals surface area contributed by atoms with Gasteiger partial charge in [0.1, 0.15) is 10.0 Å². The summed E-state index contributed by atoms with van der Waals surface area (Å²) in [6, 6.07) is 0. The number of halogens is 3. The van der Waals surface area contributed by atoms with Crippen molar-refractivity contribution in [3.05, 3.63) is 20.9 Å². The van der Waals surface area contributed by atoms with Gasteiger partial charge in [-0.1, -0.05) is 30.1 Å². The molecule has 6 nitrogen and oxygen atoms in total. The van der Waals surface area contributed by atoms with Crippen LogP contribution in [0.25, 0.3) is 0 Å². The molecule has 0 saturated carbocycles. The summed E-state index contributed by atoms with van der Waals surface area (Å²) < 4.78 is 5.01. The summed E-state index contributed by atoms with van der Waals surface area (Å²) in [7, 11) is 0. The summed E-state index contributed by atoms with van der Waals surface area (Å²) in [5.74, 6) is -0.617. The van der Waals surface area contributed by atoms with E-state index in [0.717, 1.165) is 12.8 Å². The smallest absolute Gasteiger partial charge is 0.405 e. The normalized spacial score (nSPS) is 17.9. The Bertz CT molecular complexity index is 639. The summed E-state index contributed by atoms with van der Waals surface area (Å²) in [6.45, 7) is 3.06. The van der Waals surface area contributed by atoms with E-state index in [9.17, 15) is 9.59 Å². The number of ether oxygens (including phenoxy) is 1. The van der Waals surface area contributed by atoms with Crippen molar-refractivity contribution < 1.29 is 19.3 Å². The van der Waals surface area contributed by atoms with Crippen LogP contribution in [0.4, 0.5) is 5.69 Å². The van der Waals surface area contributed by atoms with Crippen LogP contribution in [0, 0.1) is 5.92 Å². The third kappa shape index (κ3) is 4.19. The minimum absolute atomic E-state index is 0.0200. The maximum atomic E-state index is 12.1. The standard InChI is InChI=1S/C14H16Cl3N3O3/c1-7-3-2-4-20(5-7)8(21)6-23-14(22)12-9(15)11(18)10(16)13(17)19-12/h7H,2-6H2,1H3,(H2,18,19)/p+1/t7-/m0/s1. The van der Waals surface area contributed by atoms with Gasteiger partial charge in [0.2, 0.25) is 0 Å². The lowest BCUT2D eigenvalue weighted by atomic mass is 10.0. The molecule has 1 aromatic heterocycles. The van der Waals surface area contributed by atoms with E-state index in [1.165, 1.54) is 0 Å². The molecule has 126 valence electrons. The molecule has 0 radical (unpaired) electrons. The first-order chi connectivity index (χ1) is 10.8. The average molecular weight is 382 g/mol. The van der Waals surface area contributed by atoms with E-state index >= 15 is 0 Å². The molecule has 0 spiro atoms.